The van der Waals surface area contributed by atoms with Gasteiger partial charge >= 0.3 is 0 Å². The highest BCUT2D eigenvalue weighted by molar-refractivity contribution is 7.19. The van der Waals surface area contributed by atoms with Gasteiger partial charge in [-0.25, -0.2) is 0 Å². The predicted octanol–water partition coefficient (Wildman–Crippen LogP) is 1.54. The molecule has 1 aliphatic carbocycles. The molecule has 1 amide bonds. The van der Waals surface area contributed by atoms with Gasteiger partial charge in [-0.05, 0) is 19.8 Å². The third kappa shape index (κ3) is 3.21. The van der Waals surface area contributed by atoms with Gasteiger partial charge in [-0.2, -0.15) is 5.26 Å². The predicted molar refractivity (Wildman–Crippen MR) is 78.9 cm³/mol. The van der Waals surface area contributed by atoms with Crippen LogP contribution in [-0.4, -0.2) is 31.7 Å². The topological polar surface area (TPSA) is 100 Å². The lowest BCUT2D eigenvalue weighted by Gasteiger charge is -2.12. The van der Waals surface area contributed by atoms with Crippen molar-refractivity contribution in [3.05, 3.63) is 10.4 Å². The van der Waals surface area contributed by atoms with E-state index in [1.54, 1.807) is 7.11 Å². The Hall–Kier alpha value is -1.78. The average Bonchev–Trinajstić information content (AvgIpc) is 3.14. The zero-order chi connectivity index (χ0) is 14.7. The van der Waals surface area contributed by atoms with E-state index in [0.717, 1.165) is 12.8 Å². The van der Waals surface area contributed by atoms with Crippen LogP contribution in [0.5, 0.6) is 0 Å². The second-order valence-electron chi connectivity index (χ2n) is 4.91. The third-order valence-electron chi connectivity index (χ3n) is 2.97. The maximum absolute atomic E-state index is 12.1. The van der Waals surface area contributed by atoms with E-state index in [1.807, 2.05) is 6.92 Å². The van der Waals surface area contributed by atoms with Gasteiger partial charge in [0.2, 0.25) is 0 Å². The van der Waals surface area contributed by atoms with Crippen LogP contribution < -0.4 is 16.4 Å². The minimum absolute atomic E-state index is 0.0319. The van der Waals surface area contributed by atoms with Crippen LogP contribution in [0.2, 0.25) is 0 Å². The molecular weight excluding hydrogens is 276 g/mol. The van der Waals surface area contributed by atoms with Crippen LogP contribution in [0.25, 0.3) is 0 Å². The van der Waals surface area contributed by atoms with Crippen molar-refractivity contribution in [2.45, 2.75) is 31.8 Å². The van der Waals surface area contributed by atoms with Gasteiger partial charge in [0.25, 0.3) is 5.91 Å². The lowest BCUT2D eigenvalue weighted by Crippen LogP contribution is -2.25. The number of methoxy groups -OCH3 is 1. The molecule has 1 fully saturated rings. The number of nitrogen functional groups attached to an aromatic ring is 1. The maximum Gasteiger partial charge on any atom is 0.263 e. The SMILES string of the molecule is COCC(C)Nc1sc(C(=O)NC2CC2)c(N)c1C#N. The number of nitrogens with zero attached hydrogens (tertiary/aromatic N) is 1. The normalized spacial score (nSPS) is 15.4. The lowest BCUT2D eigenvalue weighted by atomic mass is 10.2. The van der Waals surface area contributed by atoms with E-state index in [4.69, 9.17) is 10.5 Å². The van der Waals surface area contributed by atoms with Gasteiger partial charge in [0.15, 0.2) is 0 Å². The molecule has 6 nitrogen and oxygen atoms in total. The summed E-state index contributed by atoms with van der Waals surface area (Å²) in [6, 6.07) is 2.35. The van der Waals surface area contributed by atoms with Gasteiger partial charge in [0.05, 0.1) is 12.3 Å². The molecule has 1 aliphatic rings. The van der Waals surface area contributed by atoms with Gasteiger partial charge < -0.3 is 21.1 Å². The number of ether oxygens (including phenoxy) is 1. The molecular formula is C13H18N4O2S. The molecule has 0 aliphatic heterocycles. The van der Waals surface area contributed by atoms with E-state index in [2.05, 4.69) is 16.7 Å². The molecule has 0 spiro atoms. The highest BCUT2D eigenvalue weighted by Crippen LogP contribution is 2.36. The smallest absolute Gasteiger partial charge is 0.263 e. The summed E-state index contributed by atoms with van der Waals surface area (Å²) in [6.07, 6.45) is 2.02. The van der Waals surface area contributed by atoms with E-state index in [9.17, 15) is 10.1 Å². The molecule has 0 radical (unpaired) electrons. The van der Waals surface area contributed by atoms with Crippen LogP contribution in [0, 0.1) is 11.3 Å². The summed E-state index contributed by atoms with van der Waals surface area (Å²) in [5.74, 6) is -0.195. The van der Waals surface area contributed by atoms with Crippen molar-refractivity contribution in [1.29, 1.82) is 5.26 Å². The van der Waals surface area contributed by atoms with Crippen molar-refractivity contribution in [3.8, 4) is 6.07 Å². The number of anilines is 2. The Morgan fingerprint density at radius 2 is 2.35 bits per heavy atom. The molecule has 20 heavy (non-hydrogen) atoms. The zero-order valence-electron chi connectivity index (χ0n) is 11.5. The summed E-state index contributed by atoms with van der Waals surface area (Å²) >= 11 is 1.22. The fourth-order valence-corrected chi connectivity index (χ4v) is 2.90. The highest BCUT2D eigenvalue weighted by Gasteiger charge is 2.27. The summed E-state index contributed by atoms with van der Waals surface area (Å²) in [5.41, 5.74) is 6.50. The van der Waals surface area contributed by atoms with Gasteiger partial charge in [0, 0.05) is 19.2 Å². The summed E-state index contributed by atoms with van der Waals surface area (Å²) < 4.78 is 5.04. The van der Waals surface area contributed by atoms with E-state index in [0.29, 0.717) is 22.0 Å². The van der Waals surface area contributed by atoms with Crippen molar-refractivity contribution in [3.63, 3.8) is 0 Å². The molecule has 1 unspecified atom stereocenters. The Kier molecular flexibility index (Phi) is 4.47. The van der Waals surface area contributed by atoms with Crippen molar-refractivity contribution < 1.29 is 9.53 Å². The van der Waals surface area contributed by atoms with Crippen LogP contribution in [0.1, 0.15) is 35.0 Å². The molecule has 1 heterocycles. The first-order valence-corrected chi connectivity index (χ1v) is 7.27. The van der Waals surface area contributed by atoms with E-state index in [-0.39, 0.29) is 23.7 Å². The number of carbonyl (C=O) groups is 1. The molecule has 0 aromatic carbocycles. The maximum atomic E-state index is 12.1. The molecule has 0 bridgehead atoms. The standard InChI is InChI=1S/C13H18N4O2S/c1-7(6-19-2)16-13-9(5-14)10(15)11(20-13)12(18)17-8-3-4-8/h7-8,16H,3-4,6,15H2,1-2H3,(H,17,18). The Balaban J connectivity index is 2.19. The number of nitriles is 1. The highest BCUT2D eigenvalue weighted by atomic mass is 32.1. The molecule has 1 atom stereocenters. The number of nitrogens with one attached hydrogen (secondary N) is 2. The molecule has 1 aromatic heterocycles. The van der Waals surface area contributed by atoms with Crippen LogP contribution in [-0.2, 0) is 4.74 Å². The van der Waals surface area contributed by atoms with Crippen molar-refractivity contribution in [2.24, 2.45) is 0 Å². The second-order valence-corrected chi connectivity index (χ2v) is 5.93. The minimum Gasteiger partial charge on any atom is -0.396 e. The summed E-state index contributed by atoms with van der Waals surface area (Å²) in [5, 5.41) is 15.9. The Morgan fingerprint density at radius 3 is 2.90 bits per heavy atom. The summed E-state index contributed by atoms with van der Waals surface area (Å²) in [7, 11) is 1.61. The average molecular weight is 294 g/mol. The number of nitrogens with two attached hydrogens (primary N) is 1. The number of amides is 1. The van der Waals surface area contributed by atoms with Gasteiger partial charge in [-0.15, -0.1) is 11.3 Å². The first kappa shape index (κ1) is 14.6. The Labute approximate surface area is 121 Å². The quantitative estimate of drug-likeness (QED) is 0.739. The number of thiophene rings is 1. The number of hydrogen-bond acceptors (Lipinski definition) is 6. The third-order valence-corrected chi connectivity index (χ3v) is 4.11. The lowest BCUT2D eigenvalue weighted by molar-refractivity contribution is 0.0956. The summed E-state index contributed by atoms with van der Waals surface area (Å²) in [4.78, 5) is 12.5. The zero-order valence-corrected chi connectivity index (χ0v) is 12.3. The number of carbonyl (C=O) groups excluding carboxylic acids is 1. The second kappa shape index (κ2) is 6.11. The molecule has 0 saturated heterocycles. The number of rotatable bonds is 6. The molecule has 7 heteroatoms. The Morgan fingerprint density at radius 1 is 1.65 bits per heavy atom. The molecule has 108 valence electrons. The molecule has 4 N–H and O–H groups in total. The molecule has 2 rings (SSSR count). The fraction of sp³-hybridized carbons (Fsp3) is 0.538. The first-order chi connectivity index (χ1) is 9.56. The van der Waals surface area contributed by atoms with Gasteiger partial charge in [0.1, 0.15) is 21.5 Å². The van der Waals surface area contributed by atoms with Gasteiger partial charge in [-0.3, -0.25) is 4.79 Å². The molecule has 1 saturated carbocycles. The number of hydrogen-bond donors (Lipinski definition) is 3. The van der Waals surface area contributed by atoms with Crippen LogP contribution >= 0.6 is 11.3 Å². The van der Waals surface area contributed by atoms with Crippen molar-refractivity contribution >= 4 is 27.9 Å². The van der Waals surface area contributed by atoms with E-state index >= 15 is 0 Å². The van der Waals surface area contributed by atoms with Crippen LogP contribution in [0.4, 0.5) is 10.7 Å². The Bertz CT molecular complexity index is 545. The first-order valence-electron chi connectivity index (χ1n) is 6.45. The fourth-order valence-electron chi connectivity index (χ4n) is 1.82. The summed E-state index contributed by atoms with van der Waals surface area (Å²) in [6.45, 7) is 2.44. The molecule has 1 aromatic rings. The van der Waals surface area contributed by atoms with Crippen LogP contribution in [0.3, 0.4) is 0 Å². The van der Waals surface area contributed by atoms with Crippen LogP contribution in [0.15, 0.2) is 0 Å². The van der Waals surface area contributed by atoms with Crippen molar-refractivity contribution in [1.82, 2.24) is 5.32 Å². The van der Waals surface area contributed by atoms with E-state index in [1.165, 1.54) is 11.3 Å². The van der Waals surface area contributed by atoms with Gasteiger partial charge in [-0.1, -0.05) is 0 Å². The minimum atomic E-state index is -0.195. The largest absolute Gasteiger partial charge is 0.396 e. The van der Waals surface area contributed by atoms with E-state index < -0.39 is 0 Å². The van der Waals surface area contributed by atoms with Crippen molar-refractivity contribution in [2.75, 3.05) is 24.8 Å². The monoisotopic (exact) mass is 294 g/mol.